The molecule has 0 radical (unpaired) electrons. The normalized spacial score (nSPS) is 16.8. The van der Waals surface area contributed by atoms with Crippen LogP contribution in [0.3, 0.4) is 0 Å². The fraction of sp³-hybridized carbons (Fsp3) is 0.400. The van der Waals surface area contributed by atoms with Gasteiger partial charge in [-0.15, -0.1) is 0 Å². The summed E-state index contributed by atoms with van der Waals surface area (Å²) in [6.45, 7) is 2.83. The summed E-state index contributed by atoms with van der Waals surface area (Å²) >= 11 is 0. The number of aliphatic carboxylic acids is 1. The van der Waals surface area contributed by atoms with Crippen molar-refractivity contribution in [2.75, 3.05) is 18.6 Å². The van der Waals surface area contributed by atoms with Gasteiger partial charge >= 0.3 is 5.97 Å². The fourth-order valence-corrected chi connectivity index (χ4v) is 3.42. The van der Waals surface area contributed by atoms with Gasteiger partial charge in [-0.1, -0.05) is 18.2 Å². The van der Waals surface area contributed by atoms with Gasteiger partial charge in [0.15, 0.2) is 0 Å². The summed E-state index contributed by atoms with van der Waals surface area (Å²) in [6, 6.07) is 9.04. The predicted molar refractivity (Wildman–Crippen MR) is 99.9 cm³/mol. The molecule has 0 saturated carbocycles. The third-order valence-electron chi connectivity index (χ3n) is 4.87. The van der Waals surface area contributed by atoms with Crippen LogP contribution in [0.25, 0.3) is 0 Å². The van der Waals surface area contributed by atoms with Crippen molar-refractivity contribution in [3.05, 3.63) is 53.5 Å². The number of nitrogens with zero attached hydrogens (tertiary/aromatic N) is 1. The summed E-state index contributed by atoms with van der Waals surface area (Å²) < 4.78 is 10.5. The summed E-state index contributed by atoms with van der Waals surface area (Å²) in [5.74, 6) is -1.03. The molecule has 2 unspecified atom stereocenters. The molecule has 0 fully saturated rings. The number of hydrogen-bond donors (Lipinski definition) is 2. The molecule has 0 saturated heterocycles. The van der Waals surface area contributed by atoms with Gasteiger partial charge in [-0.3, -0.25) is 4.79 Å². The van der Waals surface area contributed by atoms with Crippen molar-refractivity contribution >= 4 is 17.6 Å². The Hall–Kier alpha value is -2.80. The Kier molecular flexibility index (Phi) is 5.81. The van der Waals surface area contributed by atoms with E-state index in [0.29, 0.717) is 17.9 Å². The van der Waals surface area contributed by atoms with Gasteiger partial charge in [-0.05, 0) is 31.0 Å². The lowest BCUT2D eigenvalue weighted by atomic mass is 10.1. The van der Waals surface area contributed by atoms with Crippen LogP contribution >= 0.6 is 0 Å². The monoisotopic (exact) mass is 372 g/mol. The van der Waals surface area contributed by atoms with Gasteiger partial charge < -0.3 is 24.5 Å². The average Bonchev–Trinajstić information content (AvgIpc) is 3.23. The van der Waals surface area contributed by atoms with Gasteiger partial charge in [0.1, 0.15) is 11.8 Å². The molecule has 0 spiro atoms. The zero-order valence-corrected chi connectivity index (χ0v) is 15.5. The lowest BCUT2D eigenvalue weighted by Crippen LogP contribution is -2.41. The van der Waals surface area contributed by atoms with Crippen LogP contribution in [0, 0.1) is 0 Å². The first kappa shape index (κ1) is 19.0. The van der Waals surface area contributed by atoms with Crippen molar-refractivity contribution in [1.29, 1.82) is 0 Å². The van der Waals surface area contributed by atoms with Crippen molar-refractivity contribution in [1.82, 2.24) is 5.32 Å². The van der Waals surface area contributed by atoms with E-state index in [1.54, 1.807) is 6.07 Å². The minimum atomic E-state index is -1.09. The highest BCUT2D eigenvalue weighted by molar-refractivity contribution is 5.97. The van der Waals surface area contributed by atoms with E-state index >= 15 is 0 Å². The number of amides is 1. The van der Waals surface area contributed by atoms with Crippen LogP contribution in [-0.4, -0.2) is 42.8 Å². The van der Waals surface area contributed by atoms with Gasteiger partial charge in [0.2, 0.25) is 0 Å². The Labute approximate surface area is 157 Å². The van der Waals surface area contributed by atoms with Crippen LogP contribution in [0.2, 0.25) is 0 Å². The minimum absolute atomic E-state index is 0.196. The second-order valence-corrected chi connectivity index (χ2v) is 6.71. The topological polar surface area (TPSA) is 92.0 Å². The SMILES string of the molecule is COCCC(NC(=O)c1ccoc1CN1c2ccccc2CC1C)C(=O)O. The van der Waals surface area contributed by atoms with Gasteiger partial charge in [-0.25, -0.2) is 4.79 Å². The lowest BCUT2D eigenvalue weighted by Gasteiger charge is -2.24. The molecule has 7 heteroatoms. The molecule has 1 aliphatic rings. The molecule has 1 aromatic heterocycles. The number of furan rings is 1. The molecular formula is C20H24N2O5. The maximum atomic E-state index is 12.6. The van der Waals surface area contributed by atoms with E-state index in [2.05, 4.69) is 29.3 Å². The quantitative estimate of drug-likeness (QED) is 0.740. The second kappa shape index (κ2) is 8.26. The highest BCUT2D eigenvalue weighted by Gasteiger charge is 2.29. The third-order valence-corrected chi connectivity index (χ3v) is 4.87. The number of hydrogen-bond acceptors (Lipinski definition) is 5. The number of para-hydroxylation sites is 1. The summed E-state index contributed by atoms with van der Waals surface area (Å²) in [5.41, 5.74) is 2.76. The van der Waals surface area contributed by atoms with Crippen LogP contribution < -0.4 is 10.2 Å². The first-order chi connectivity index (χ1) is 13.0. The molecule has 0 aliphatic carbocycles. The van der Waals surface area contributed by atoms with E-state index < -0.39 is 17.9 Å². The molecule has 1 aliphatic heterocycles. The third kappa shape index (κ3) is 4.14. The van der Waals surface area contributed by atoms with Crippen LogP contribution in [0.15, 0.2) is 41.0 Å². The molecular weight excluding hydrogens is 348 g/mol. The van der Waals surface area contributed by atoms with Gasteiger partial charge in [0.25, 0.3) is 5.91 Å². The van der Waals surface area contributed by atoms with Gasteiger partial charge in [-0.2, -0.15) is 0 Å². The molecule has 7 nitrogen and oxygen atoms in total. The number of anilines is 1. The lowest BCUT2D eigenvalue weighted by molar-refractivity contribution is -0.139. The molecule has 1 aromatic carbocycles. The first-order valence-electron chi connectivity index (χ1n) is 8.94. The fourth-order valence-electron chi connectivity index (χ4n) is 3.42. The zero-order chi connectivity index (χ0) is 19.4. The van der Waals surface area contributed by atoms with Crippen molar-refractivity contribution in [3.63, 3.8) is 0 Å². The highest BCUT2D eigenvalue weighted by Crippen LogP contribution is 2.33. The van der Waals surface area contributed by atoms with E-state index in [1.165, 1.54) is 18.9 Å². The Morgan fingerprint density at radius 1 is 1.37 bits per heavy atom. The van der Waals surface area contributed by atoms with E-state index in [9.17, 15) is 14.7 Å². The molecule has 2 N–H and O–H groups in total. The van der Waals surface area contributed by atoms with E-state index in [-0.39, 0.29) is 19.1 Å². The number of fused-ring (bicyclic) bond motifs is 1. The predicted octanol–water partition coefficient (Wildman–Crippen LogP) is 2.45. The molecule has 2 atom stereocenters. The number of carbonyl (C=O) groups excluding carboxylic acids is 1. The molecule has 2 aromatic rings. The molecule has 0 bridgehead atoms. The van der Waals surface area contributed by atoms with E-state index in [1.807, 2.05) is 12.1 Å². The molecule has 144 valence electrons. The average molecular weight is 372 g/mol. The second-order valence-electron chi connectivity index (χ2n) is 6.71. The Morgan fingerprint density at radius 3 is 2.89 bits per heavy atom. The molecule has 1 amide bonds. The molecule has 2 heterocycles. The molecule has 27 heavy (non-hydrogen) atoms. The van der Waals surface area contributed by atoms with Crippen LogP contribution in [0.4, 0.5) is 5.69 Å². The maximum Gasteiger partial charge on any atom is 0.326 e. The number of carboxylic acid groups (broad SMARTS) is 1. The minimum Gasteiger partial charge on any atom is -0.480 e. The maximum absolute atomic E-state index is 12.6. The number of rotatable bonds is 8. The van der Waals surface area contributed by atoms with Crippen molar-refractivity contribution in [2.45, 2.75) is 38.4 Å². The smallest absolute Gasteiger partial charge is 0.326 e. The largest absolute Gasteiger partial charge is 0.480 e. The highest BCUT2D eigenvalue weighted by atomic mass is 16.5. The van der Waals surface area contributed by atoms with Crippen LogP contribution in [0.5, 0.6) is 0 Å². The summed E-state index contributed by atoms with van der Waals surface area (Å²) in [5, 5.41) is 11.8. The first-order valence-corrected chi connectivity index (χ1v) is 8.94. The number of carboxylic acids is 1. The van der Waals surface area contributed by atoms with Crippen molar-refractivity contribution < 1.29 is 23.8 Å². The van der Waals surface area contributed by atoms with Crippen LogP contribution in [0.1, 0.15) is 35.0 Å². The number of benzene rings is 1. The van der Waals surface area contributed by atoms with Crippen molar-refractivity contribution in [2.24, 2.45) is 0 Å². The number of carbonyl (C=O) groups is 2. The van der Waals surface area contributed by atoms with Crippen LogP contribution in [-0.2, 0) is 22.5 Å². The number of nitrogens with one attached hydrogen (secondary N) is 1. The van der Waals surface area contributed by atoms with E-state index in [0.717, 1.165) is 12.1 Å². The van der Waals surface area contributed by atoms with Crippen molar-refractivity contribution in [3.8, 4) is 0 Å². The zero-order valence-electron chi connectivity index (χ0n) is 15.5. The Bertz CT molecular complexity index is 816. The Morgan fingerprint density at radius 2 is 2.15 bits per heavy atom. The Balaban J connectivity index is 1.74. The summed E-state index contributed by atoms with van der Waals surface area (Å²) in [4.78, 5) is 26.2. The number of methoxy groups -OCH3 is 1. The summed E-state index contributed by atoms with van der Waals surface area (Å²) in [7, 11) is 1.49. The van der Waals surface area contributed by atoms with E-state index in [4.69, 9.17) is 9.15 Å². The van der Waals surface area contributed by atoms with Gasteiger partial charge in [0.05, 0.1) is 18.4 Å². The standard InChI is InChI=1S/C20H24N2O5/c1-13-11-14-5-3-4-6-17(14)22(13)12-18-15(7-10-27-18)19(23)21-16(20(24)25)8-9-26-2/h3-7,10,13,16H,8-9,11-12H2,1-2H3,(H,21,23)(H,24,25). The number of ether oxygens (including phenoxy) is 1. The molecule has 3 rings (SSSR count). The summed E-state index contributed by atoms with van der Waals surface area (Å²) in [6.07, 6.45) is 2.60. The van der Waals surface area contributed by atoms with Gasteiger partial charge in [0, 0.05) is 31.9 Å².